The molecule has 3 rings (SSSR count). The molecule has 1 N–H and O–H groups in total. The summed E-state index contributed by atoms with van der Waals surface area (Å²) in [6.45, 7) is 3.89. The molecule has 0 aliphatic heterocycles. The van der Waals surface area contributed by atoms with Crippen LogP contribution >= 0.6 is 27.3 Å². The lowest BCUT2D eigenvalue weighted by Crippen LogP contribution is -2.26. The van der Waals surface area contributed by atoms with Crippen molar-refractivity contribution < 1.29 is 4.79 Å². The predicted octanol–water partition coefficient (Wildman–Crippen LogP) is 4.50. The van der Waals surface area contributed by atoms with Crippen LogP contribution in [0, 0.1) is 6.92 Å². The maximum Gasteiger partial charge on any atom is 0.255 e. The summed E-state index contributed by atoms with van der Waals surface area (Å²) in [6.07, 6.45) is 1.62. The van der Waals surface area contributed by atoms with Crippen LogP contribution in [0.3, 0.4) is 0 Å². The van der Waals surface area contributed by atoms with Crippen LogP contribution in [0.4, 0.5) is 0 Å². The van der Waals surface area contributed by atoms with Crippen LogP contribution in [0.2, 0.25) is 0 Å². The Morgan fingerprint density at radius 1 is 1.30 bits per heavy atom. The van der Waals surface area contributed by atoms with Crippen LogP contribution < -0.4 is 5.32 Å². The summed E-state index contributed by atoms with van der Waals surface area (Å²) in [6, 6.07) is 11.8. The molecule has 0 radical (unpaired) electrons. The zero-order chi connectivity index (χ0) is 16.4. The van der Waals surface area contributed by atoms with Crippen molar-refractivity contribution in [3.63, 3.8) is 0 Å². The lowest BCUT2D eigenvalue weighted by atomic mass is 10.2. The molecule has 0 fully saturated rings. The number of carbonyl (C=O) groups is 1. The number of halogens is 1. The second kappa shape index (κ2) is 6.68. The maximum atomic E-state index is 12.5. The van der Waals surface area contributed by atoms with E-state index in [1.54, 1.807) is 22.2 Å². The highest BCUT2D eigenvalue weighted by atomic mass is 79.9. The Hall–Kier alpha value is -1.92. The molecule has 1 unspecified atom stereocenters. The molecule has 2 aromatic heterocycles. The van der Waals surface area contributed by atoms with Crippen molar-refractivity contribution in [1.82, 2.24) is 15.1 Å². The van der Waals surface area contributed by atoms with E-state index in [-0.39, 0.29) is 11.9 Å². The highest BCUT2D eigenvalue weighted by molar-refractivity contribution is 9.10. The molecule has 0 saturated carbocycles. The van der Waals surface area contributed by atoms with Crippen molar-refractivity contribution >= 4 is 33.2 Å². The highest BCUT2D eigenvalue weighted by Crippen LogP contribution is 2.20. The standard InChI is InChI=1S/C17H16BrN3OS/c1-11(16-4-3-9-23-16)20-17(22)15-10-19-21(12(15)2)14-7-5-13(18)6-8-14/h3-11H,1-2H3,(H,20,22). The molecule has 2 heterocycles. The summed E-state index contributed by atoms with van der Waals surface area (Å²) >= 11 is 5.05. The highest BCUT2D eigenvalue weighted by Gasteiger charge is 2.17. The summed E-state index contributed by atoms with van der Waals surface area (Å²) in [5.74, 6) is -0.105. The van der Waals surface area contributed by atoms with Gasteiger partial charge in [0.15, 0.2) is 0 Å². The summed E-state index contributed by atoms with van der Waals surface area (Å²) in [7, 11) is 0. The summed E-state index contributed by atoms with van der Waals surface area (Å²) in [4.78, 5) is 13.6. The lowest BCUT2D eigenvalue weighted by molar-refractivity contribution is 0.0940. The number of rotatable bonds is 4. The van der Waals surface area contributed by atoms with E-state index in [4.69, 9.17) is 0 Å². The monoisotopic (exact) mass is 389 g/mol. The quantitative estimate of drug-likeness (QED) is 0.713. The van der Waals surface area contributed by atoms with Crippen LogP contribution in [0.25, 0.3) is 5.69 Å². The molecule has 1 atom stereocenters. The maximum absolute atomic E-state index is 12.5. The van der Waals surface area contributed by atoms with E-state index in [9.17, 15) is 4.79 Å². The third-order valence-corrected chi connectivity index (χ3v) is 5.23. The minimum absolute atomic E-state index is 0.0158. The van der Waals surface area contributed by atoms with E-state index in [1.807, 2.05) is 55.6 Å². The smallest absolute Gasteiger partial charge is 0.255 e. The van der Waals surface area contributed by atoms with Crippen molar-refractivity contribution in [2.24, 2.45) is 0 Å². The Kier molecular flexibility index (Phi) is 4.63. The van der Waals surface area contributed by atoms with Gasteiger partial charge in [-0.1, -0.05) is 22.0 Å². The Morgan fingerprint density at radius 3 is 2.70 bits per heavy atom. The second-order valence-corrected chi connectivity index (χ2v) is 7.14. The zero-order valence-electron chi connectivity index (χ0n) is 12.8. The fourth-order valence-electron chi connectivity index (χ4n) is 2.36. The van der Waals surface area contributed by atoms with Crippen molar-refractivity contribution in [1.29, 1.82) is 0 Å². The van der Waals surface area contributed by atoms with Gasteiger partial charge >= 0.3 is 0 Å². The topological polar surface area (TPSA) is 46.9 Å². The van der Waals surface area contributed by atoms with E-state index >= 15 is 0 Å². The largest absolute Gasteiger partial charge is 0.345 e. The van der Waals surface area contributed by atoms with E-state index in [0.29, 0.717) is 5.56 Å². The zero-order valence-corrected chi connectivity index (χ0v) is 15.2. The molecule has 23 heavy (non-hydrogen) atoms. The van der Waals surface area contributed by atoms with Crippen molar-refractivity contribution in [2.45, 2.75) is 19.9 Å². The molecule has 0 spiro atoms. The molecular formula is C17H16BrN3OS. The first kappa shape index (κ1) is 16.0. The summed E-state index contributed by atoms with van der Waals surface area (Å²) in [5.41, 5.74) is 2.34. The molecule has 3 aromatic rings. The number of aromatic nitrogens is 2. The number of hydrogen-bond donors (Lipinski definition) is 1. The number of nitrogens with one attached hydrogen (secondary N) is 1. The molecule has 0 bridgehead atoms. The molecular weight excluding hydrogens is 374 g/mol. The predicted molar refractivity (Wildman–Crippen MR) is 96.2 cm³/mol. The first-order chi connectivity index (χ1) is 11.1. The van der Waals surface area contributed by atoms with Crippen LogP contribution in [0.1, 0.15) is 33.9 Å². The number of carbonyl (C=O) groups excluding carboxylic acids is 1. The van der Waals surface area contributed by atoms with Crippen molar-refractivity contribution in [3.05, 3.63) is 68.6 Å². The third kappa shape index (κ3) is 3.38. The first-order valence-corrected chi connectivity index (χ1v) is 8.88. The van der Waals surface area contributed by atoms with Crippen LogP contribution in [0.15, 0.2) is 52.4 Å². The van der Waals surface area contributed by atoms with Crippen LogP contribution in [-0.2, 0) is 0 Å². The number of hydrogen-bond acceptors (Lipinski definition) is 3. The lowest BCUT2D eigenvalue weighted by Gasteiger charge is -2.12. The number of nitrogens with zero attached hydrogens (tertiary/aromatic N) is 2. The van der Waals surface area contributed by atoms with E-state index in [2.05, 4.69) is 26.3 Å². The molecule has 6 heteroatoms. The van der Waals surface area contributed by atoms with Crippen molar-refractivity contribution in [2.75, 3.05) is 0 Å². The van der Waals surface area contributed by atoms with Gasteiger partial charge < -0.3 is 5.32 Å². The SMILES string of the molecule is Cc1c(C(=O)NC(C)c2cccs2)cnn1-c1ccc(Br)cc1. The third-order valence-electron chi connectivity index (χ3n) is 3.64. The Bertz CT molecular complexity index is 809. The van der Waals surface area contributed by atoms with Gasteiger partial charge in [0.1, 0.15) is 0 Å². The van der Waals surface area contributed by atoms with E-state index < -0.39 is 0 Å². The van der Waals surface area contributed by atoms with Gasteiger partial charge in [-0.3, -0.25) is 4.79 Å². The molecule has 118 valence electrons. The van der Waals surface area contributed by atoms with Gasteiger partial charge in [0.25, 0.3) is 5.91 Å². The average Bonchev–Trinajstić information content (AvgIpc) is 3.18. The fourth-order valence-corrected chi connectivity index (χ4v) is 3.36. The molecule has 0 saturated heterocycles. The number of thiophene rings is 1. The fraction of sp³-hybridized carbons (Fsp3) is 0.176. The molecule has 0 aliphatic rings. The van der Waals surface area contributed by atoms with Crippen molar-refractivity contribution in [3.8, 4) is 5.69 Å². The Balaban J connectivity index is 1.81. The minimum atomic E-state index is -0.105. The molecule has 4 nitrogen and oxygen atoms in total. The molecule has 1 aromatic carbocycles. The summed E-state index contributed by atoms with van der Waals surface area (Å²) in [5, 5.41) is 9.38. The number of amides is 1. The van der Waals surface area contributed by atoms with E-state index in [1.165, 1.54) is 0 Å². The van der Waals surface area contributed by atoms with Gasteiger partial charge in [-0.15, -0.1) is 11.3 Å². The summed E-state index contributed by atoms with van der Waals surface area (Å²) < 4.78 is 2.78. The van der Waals surface area contributed by atoms with Gasteiger partial charge in [-0.25, -0.2) is 4.68 Å². The molecule has 0 aliphatic carbocycles. The Morgan fingerprint density at radius 2 is 2.04 bits per heavy atom. The molecule has 1 amide bonds. The van der Waals surface area contributed by atoms with Gasteiger partial charge in [0.2, 0.25) is 0 Å². The van der Waals surface area contributed by atoms with Gasteiger partial charge in [0.05, 0.1) is 29.2 Å². The van der Waals surface area contributed by atoms with Gasteiger partial charge in [-0.2, -0.15) is 5.10 Å². The average molecular weight is 390 g/mol. The van der Waals surface area contributed by atoms with Crippen LogP contribution in [-0.4, -0.2) is 15.7 Å². The van der Waals surface area contributed by atoms with Gasteiger partial charge in [-0.05, 0) is 49.6 Å². The van der Waals surface area contributed by atoms with Crippen LogP contribution in [0.5, 0.6) is 0 Å². The minimum Gasteiger partial charge on any atom is -0.345 e. The van der Waals surface area contributed by atoms with Gasteiger partial charge in [0, 0.05) is 9.35 Å². The number of benzene rings is 1. The van der Waals surface area contributed by atoms with E-state index in [0.717, 1.165) is 20.7 Å². The Labute approximate surface area is 147 Å². The normalized spacial score (nSPS) is 12.1. The second-order valence-electron chi connectivity index (χ2n) is 5.24. The first-order valence-electron chi connectivity index (χ1n) is 7.21.